The van der Waals surface area contributed by atoms with Crippen molar-refractivity contribution in [3.8, 4) is 0 Å². The molecule has 0 saturated heterocycles. The zero-order valence-electron chi connectivity index (χ0n) is 8.30. The van der Waals surface area contributed by atoms with Gasteiger partial charge in [0, 0.05) is 11.0 Å². The normalized spacial score (nSPS) is 8.92. The molecule has 0 bridgehead atoms. The number of nitrogens with one attached hydrogen (secondary N) is 1. The Hall–Kier alpha value is 0.01000. The standard InChI is InChI=1S/C8H10BrNS.C2H6/c1-11-10-6-7-2-4-8(9)5-3-7;1-2/h2-5,10H,6H2,1H3;1-2H3. The molecule has 0 heterocycles. The topological polar surface area (TPSA) is 12.0 Å². The first-order chi connectivity index (χ1) is 6.33. The Kier molecular flexibility index (Phi) is 8.61. The van der Waals surface area contributed by atoms with E-state index in [0.717, 1.165) is 11.0 Å². The summed E-state index contributed by atoms with van der Waals surface area (Å²) in [6.45, 7) is 4.93. The predicted molar refractivity (Wildman–Crippen MR) is 65.8 cm³/mol. The second kappa shape index (κ2) is 8.60. The molecule has 0 fully saturated rings. The van der Waals surface area contributed by atoms with E-state index in [9.17, 15) is 0 Å². The van der Waals surface area contributed by atoms with Crippen LogP contribution >= 0.6 is 27.9 Å². The quantitative estimate of drug-likeness (QED) is 0.830. The van der Waals surface area contributed by atoms with E-state index in [2.05, 4.69) is 44.9 Å². The lowest BCUT2D eigenvalue weighted by Crippen LogP contribution is -2.01. The third-order valence-electron chi connectivity index (χ3n) is 1.33. The maximum Gasteiger partial charge on any atom is 0.0309 e. The summed E-state index contributed by atoms with van der Waals surface area (Å²) in [7, 11) is 0. The van der Waals surface area contributed by atoms with Crippen LogP contribution in [0.25, 0.3) is 0 Å². The second-order valence-electron chi connectivity index (χ2n) is 2.15. The zero-order chi connectivity index (χ0) is 10.1. The Morgan fingerprint density at radius 2 is 1.77 bits per heavy atom. The highest BCUT2D eigenvalue weighted by Gasteiger charge is 1.90. The van der Waals surface area contributed by atoms with E-state index in [1.807, 2.05) is 20.1 Å². The summed E-state index contributed by atoms with van der Waals surface area (Å²) in [4.78, 5) is 0. The SMILES string of the molecule is CC.CSNCc1ccc(Br)cc1. The fraction of sp³-hybridized carbons (Fsp3) is 0.400. The molecule has 0 unspecified atom stereocenters. The van der Waals surface area contributed by atoms with E-state index in [1.54, 1.807) is 11.9 Å². The fourth-order valence-corrected chi connectivity index (χ4v) is 1.33. The Morgan fingerprint density at radius 3 is 2.23 bits per heavy atom. The van der Waals surface area contributed by atoms with Crippen molar-refractivity contribution in [1.29, 1.82) is 0 Å². The summed E-state index contributed by atoms with van der Waals surface area (Å²) in [6.07, 6.45) is 2.03. The lowest BCUT2D eigenvalue weighted by molar-refractivity contribution is 0.979. The molecule has 0 spiro atoms. The van der Waals surface area contributed by atoms with Gasteiger partial charge in [-0.2, -0.15) is 0 Å². The third-order valence-corrected chi connectivity index (χ3v) is 2.30. The van der Waals surface area contributed by atoms with Gasteiger partial charge in [-0.15, -0.1) is 0 Å². The van der Waals surface area contributed by atoms with Crippen LogP contribution in [0.4, 0.5) is 0 Å². The van der Waals surface area contributed by atoms with Crippen LogP contribution < -0.4 is 4.72 Å². The molecule has 0 aliphatic heterocycles. The Bertz CT molecular complexity index is 211. The van der Waals surface area contributed by atoms with Crippen LogP contribution in [0.5, 0.6) is 0 Å². The number of halogens is 1. The molecule has 13 heavy (non-hydrogen) atoms. The van der Waals surface area contributed by atoms with E-state index in [4.69, 9.17) is 0 Å². The van der Waals surface area contributed by atoms with Crippen LogP contribution in [-0.4, -0.2) is 6.26 Å². The number of rotatable bonds is 3. The van der Waals surface area contributed by atoms with Crippen molar-refractivity contribution in [2.24, 2.45) is 0 Å². The van der Waals surface area contributed by atoms with Crippen LogP contribution in [0.2, 0.25) is 0 Å². The van der Waals surface area contributed by atoms with Crippen molar-refractivity contribution in [1.82, 2.24) is 4.72 Å². The molecule has 1 rings (SSSR count). The Morgan fingerprint density at radius 1 is 1.23 bits per heavy atom. The molecule has 1 nitrogen and oxygen atoms in total. The van der Waals surface area contributed by atoms with Crippen molar-refractivity contribution in [3.05, 3.63) is 34.3 Å². The van der Waals surface area contributed by atoms with Gasteiger partial charge >= 0.3 is 0 Å². The summed E-state index contributed by atoms with van der Waals surface area (Å²) in [5, 5.41) is 0. The number of benzene rings is 1. The first-order valence-electron chi connectivity index (χ1n) is 4.33. The van der Waals surface area contributed by atoms with Gasteiger partial charge in [0.05, 0.1) is 0 Å². The molecule has 74 valence electrons. The summed E-state index contributed by atoms with van der Waals surface area (Å²) in [5.74, 6) is 0. The van der Waals surface area contributed by atoms with Gasteiger partial charge < -0.3 is 0 Å². The monoisotopic (exact) mass is 261 g/mol. The summed E-state index contributed by atoms with van der Waals surface area (Å²) in [6, 6.07) is 8.31. The van der Waals surface area contributed by atoms with Crippen molar-refractivity contribution in [3.63, 3.8) is 0 Å². The predicted octanol–water partition coefficient (Wildman–Crippen LogP) is 3.84. The highest BCUT2D eigenvalue weighted by Crippen LogP contribution is 2.10. The summed E-state index contributed by atoms with van der Waals surface area (Å²) < 4.78 is 4.32. The minimum Gasteiger partial charge on any atom is -0.260 e. The average Bonchev–Trinajstić information content (AvgIpc) is 2.20. The van der Waals surface area contributed by atoms with Crippen LogP contribution in [0, 0.1) is 0 Å². The molecule has 0 aliphatic carbocycles. The molecule has 0 amide bonds. The molecule has 0 saturated carbocycles. The van der Waals surface area contributed by atoms with Gasteiger partial charge in [-0.25, -0.2) is 0 Å². The molecule has 1 aromatic rings. The molecule has 3 heteroatoms. The average molecular weight is 262 g/mol. The van der Waals surface area contributed by atoms with Gasteiger partial charge in [0.2, 0.25) is 0 Å². The van der Waals surface area contributed by atoms with Crippen molar-refractivity contribution in [2.75, 3.05) is 6.26 Å². The smallest absolute Gasteiger partial charge is 0.0309 e. The highest BCUT2D eigenvalue weighted by molar-refractivity contribution is 9.10. The minimum absolute atomic E-state index is 0.925. The molecule has 0 aliphatic rings. The van der Waals surface area contributed by atoms with Gasteiger partial charge in [-0.3, -0.25) is 4.72 Å². The molecule has 0 aromatic heterocycles. The lowest BCUT2D eigenvalue weighted by Gasteiger charge is -2.00. The molecular weight excluding hydrogens is 246 g/mol. The molecule has 0 radical (unpaired) electrons. The van der Waals surface area contributed by atoms with E-state index in [-0.39, 0.29) is 0 Å². The van der Waals surface area contributed by atoms with E-state index in [1.165, 1.54) is 5.56 Å². The Labute approximate surface area is 93.6 Å². The lowest BCUT2D eigenvalue weighted by atomic mass is 10.2. The van der Waals surface area contributed by atoms with Gasteiger partial charge in [0.15, 0.2) is 0 Å². The van der Waals surface area contributed by atoms with Gasteiger partial charge in [0.1, 0.15) is 0 Å². The van der Waals surface area contributed by atoms with Crippen molar-refractivity contribution >= 4 is 27.9 Å². The van der Waals surface area contributed by atoms with E-state index < -0.39 is 0 Å². The first-order valence-corrected chi connectivity index (χ1v) is 6.35. The van der Waals surface area contributed by atoms with Crippen molar-refractivity contribution in [2.45, 2.75) is 20.4 Å². The van der Waals surface area contributed by atoms with E-state index >= 15 is 0 Å². The van der Waals surface area contributed by atoms with Gasteiger partial charge in [-0.05, 0) is 24.0 Å². The van der Waals surface area contributed by atoms with Crippen LogP contribution in [0.15, 0.2) is 28.7 Å². The minimum atomic E-state index is 0.925. The fourth-order valence-electron chi connectivity index (χ4n) is 0.758. The van der Waals surface area contributed by atoms with Crippen LogP contribution in [0.3, 0.4) is 0 Å². The summed E-state index contributed by atoms with van der Waals surface area (Å²) in [5.41, 5.74) is 1.31. The van der Waals surface area contributed by atoms with Crippen LogP contribution in [0.1, 0.15) is 19.4 Å². The van der Waals surface area contributed by atoms with Gasteiger partial charge in [0.25, 0.3) is 0 Å². The molecular formula is C10H16BrNS. The second-order valence-corrected chi connectivity index (χ2v) is 3.76. The van der Waals surface area contributed by atoms with Crippen LogP contribution in [-0.2, 0) is 6.54 Å². The number of hydrogen-bond acceptors (Lipinski definition) is 2. The van der Waals surface area contributed by atoms with Gasteiger partial charge in [-0.1, -0.05) is 53.9 Å². The first kappa shape index (κ1) is 13.0. The van der Waals surface area contributed by atoms with E-state index in [0.29, 0.717) is 0 Å². The highest BCUT2D eigenvalue weighted by atomic mass is 79.9. The zero-order valence-corrected chi connectivity index (χ0v) is 10.7. The molecule has 1 N–H and O–H groups in total. The van der Waals surface area contributed by atoms with Crippen molar-refractivity contribution < 1.29 is 0 Å². The largest absolute Gasteiger partial charge is 0.260 e. The molecule has 0 atom stereocenters. The Balaban J connectivity index is 0.000000671. The third kappa shape index (κ3) is 6.13. The maximum atomic E-state index is 3.39. The molecule has 1 aromatic carbocycles. The maximum absolute atomic E-state index is 3.39. The number of hydrogen-bond donors (Lipinski definition) is 1. The summed E-state index contributed by atoms with van der Waals surface area (Å²) >= 11 is 5.03.